The minimum atomic E-state index is 0. The summed E-state index contributed by atoms with van der Waals surface area (Å²) in [6.45, 7) is 4.08. The second-order valence-corrected chi connectivity index (χ2v) is 4.75. The summed E-state index contributed by atoms with van der Waals surface area (Å²) >= 11 is 0. The van der Waals surface area contributed by atoms with Crippen molar-refractivity contribution in [1.82, 2.24) is 15.5 Å². The first-order valence-electron chi connectivity index (χ1n) is 6.91. The first-order valence-corrected chi connectivity index (χ1v) is 6.91. The third-order valence-corrected chi connectivity index (χ3v) is 2.82. The predicted molar refractivity (Wildman–Crippen MR) is 95.0 cm³/mol. The van der Waals surface area contributed by atoms with E-state index >= 15 is 0 Å². The van der Waals surface area contributed by atoms with Crippen molar-refractivity contribution in [2.75, 3.05) is 46.9 Å². The second kappa shape index (κ2) is 15.1. The molecule has 0 aromatic heterocycles. The molecular formula is C15H27Cl2N3O2. The van der Waals surface area contributed by atoms with Gasteiger partial charge >= 0.3 is 0 Å². The van der Waals surface area contributed by atoms with Gasteiger partial charge in [-0.05, 0) is 12.6 Å². The average molecular weight is 352 g/mol. The molecule has 0 aliphatic rings. The van der Waals surface area contributed by atoms with Gasteiger partial charge in [0.25, 0.3) is 0 Å². The lowest BCUT2D eigenvalue weighted by molar-refractivity contribution is -0.122. The van der Waals surface area contributed by atoms with Crippen molar-refractivity contribution in [3.05, 3.63) is 35.9 Å². The minimum absolute atomic E-state index is 0. The van der Waals surface area contributed by atoms with Crippen LogP contribution in [0.1, 0.15) is 5.56 Å². The van der Waals surface area contributed by atoms with Crippen LogP contribution in [0.25, 0.3) is 0 Å². The van der Waals surface area contributed by atoms with E-state index in [0.717, 1.165) is 19.6 Å². The molecule has 0 fully saturated rings. The number of rotatable bonds is 10. The monoisotopic (exact) mass is 351 g/mol. The molecule has 0 unspecified atom stereocenters. The van der Waals surface area contributed by atoms with E-state index in [-0.39, 0.29) is 30.7 Å². The molecule has 1 aromatic rings. The highest BCUT2D eigenvalue weighted by Gasteiger charge is 2.06. The molecule has 22 heavy (non-hydrogen) atoms. The number of likely N-dealkylation sites (N-methyl/N-ethyl adjacent to an activating group) is 1. The van der Waals surface area contributed by atoms with Crippen LogP contribution in [0, 0.1) is 0 Å². The SMILES string of the molecule is COCCNCCNC(=O)CN(C)Cc1ccccc1.Cl.Cl. The molecule has 5 nitrogen and oxygen atoms in total. The van der Waals surface area contributed by atoms with Gasteiger partial charge in [0.15, 0.2) is 0 Å². The summed E-state index contributed by atoms with van der Waals surface area (Å²) in [5, 5.41) is 6.07. The van der Waals surface area contributed by atoms with Gasteiger partial charge in [-0.1, -0.05) is 30.3 Å². The number of carbonyl (C=O) groups excluding carboxylic acids is 1. The summed E-state index contributed by atoms with van der Waals surface area (Å²) in [5.41, 5.74) is 1.21. The van der Waals surface area contributed by atoms with Crippen LogP contribution in [0.3, 0.4) is 0 Å². The third-order valence-electron chi connectivity index (χ3n) is 2.82. The van der Waals surface area contributed by atoms with Crippen molar-refractivity contribution in [3.63, 3.8) is 0 Å². The molecule has 0 heterocycles. The Hall–Kier alpha value is -0.850. The van der Waals surface area contributed by atoms with Crippen LogP contribution in [0.2, 0.25) is 0 Å². The van der Waals surface area contributed by atoms with Crippen LogP contribution in [0.5, 0.6) is 0 Å². The number of ether oxygens (including phenoxy) is 1. The maximum Gasteiger partial charge on any atom is 0.234 e. The van der Waals surface area contributed by atoms with Crippen molar-refractivity contribution in [2.24, 2.45) is 0 Å². The maximum absolute atomic E-state index is 11.7. The Bertz CT molecular complexity index is 380. The van der Waals surface area contributed by atoms with E-state index in [4.69, 9.17) is 4.74 Å². The quantitative estimate of drug-likeness (QED) is 0.624. The summed E-state index contributed by atoms with van der Waals surface area (Å²) in [6.07, 6.45) is 0. The molecule has 0 bridgehead atoms. The van der Waals surface area contributed by atoms with Crippen molar-refractivity contribution in [1.29, 1.82) is 0 Å². The van der Waals surface area contributed by atoms with Gasteiger partial charge in [-0.15, -0.1) is 24.8 Å². The van der Waals surface area contributed by atoms with Crippen LogP contribution in [-0.4, -0.2) is 57.8 Å². The molecule has 0 aliphatic carbocycles. The number of halogens is 2. The Morgan fingerprint density at radius 3 is 2.45 bits per heavy atom. The number of methoxy groups -OCH3 is 1. The van der Waals surface area contributed by atoms with Crippen LogP contribution in [-0.2, 0) is 16.1 Å². The van der Waals surface area contributed by atoms with Crippen LogP contribution < -0.4 is 10.6 Å². The van der Waals surface area contributed by atoms with Crippen molar-refractivity contribution in [2.45, 2.75) is 6.54 Å². The lowest BCUT2D eigenvalue weighted by atomic mass is 10.2. The van der Waals surface area contributed by atoms with E-state index in [9.17, 15) is 4.79 Å². The van der Waals surface area contributed by atoms with E-state index in [0.29, 0.717) is 19.7 Å². The fourth-order valence-electron chi connectivity index (χ4n) is 1.84. The molecule has 2 N–H and O–H groups in total. The smallest absolute Gasteiger partial charge is 0.234 e. The first-order chi connectivity index (χ1) is 9.72. The third kappa shape index (κ3) is 11.8. The number of nitrogens with one attached hydrogen (secondary N) is 2. The fourth-order valence-corrected chi connectivity index (χ4v) is 1.84. The van der Waals surface area contributed by atoms with Crippen molar-refractivity contribution >= 4 is 30.7 Å². The number of benzene rings is 1. The zero-order chi connectivity index (χ0) is 14.6. The maximum atomic E-state index is 11.7. The Morgan fingerprint density at radius 2 is 1.82 bits per heavy atom. The summed E-state index contributed by atoms with van der Waals surface area (Å²) in [6, 6.07) is 10.1. The van der Waals surface area contributed by atoms with Crippen LogP contribution in [0.15, 0.2) is 30.3 Å². The summed E-state index contributed by atoms with van der Waals surface area (Å²) in [4.78, 5) is 13.7. The van der Waals surface area contributed by atoms with Crippen LogP contribution >= 0.6 is 24.8 Å². The summed E-state index contributed by atoms with van der Waals surface area (Å²) < 4.78 is 4.92. The summed E-state index contributed by atoms with van der Waals surface area (Å²) in [7, 11) is 3.62. The molecule has 0 aliphatic heterocycles. The Balaban J connectivity index is 0. The van der Waals surface area contributed by atoms with E-state index in [2.05, 4.69) is 22.8 Å². The average Bonchev–Trinajstić information content (AvgIpc) is 2.43. The molecule has 0 saturated heterocycles. The van der Waals surface area contributed by atoms with Gasteiger partial charge < -0.3 is 15.4 Å². The number of carbonyl (C=O) groups is 1. The highest BCUT2D eigenvalue weighted by molar-refractivity contribution is 5.85. The summed E-state index contributed by atoms with van der Waals surface area (Å²) in [5.74, 6) is 0.0528. The second-order valence-electron chi connectivity index (χ2n) is 4.75. The molecule has 1 rings (SSSR count). The molecular weight excluding hydrogens is 325 g/mol. The van der Waals surface area contributed by atoms with Crippen molar-refractivity contribution in [3.8, 4) is 0 Å². The molecule has 128 valence electrons. The predicted octanol–water partition coefficient (Wildman–Crippen LogP) is 1.31. The Kier molecular flexibility index (Phi) is 16.0. The molecule has 1 amide bonds. The van der Waals surface area contributed by atoms with Gasteiger partial charge in [0.2, 0.25) is 5.91 Å². The van der Waals surface area contributed by atoms with Gasteiger partial charge in [0.05, 0.1) is 13.2 Å². The van der Waals surface area contributed by atoms with Gasteiger partial charge in [0, 0.05) is 33.3 Å². The molecule has 0 radical (unpaired) electrons. The minimum Gasteiger partial charge on any atom is -0.383 e. The van der Waals surface area contributed by atoms with E-state index in [1.165, 1.54) is 5.56 Å². The highest BCUT2D eigenvalue weighted by atomic mass is 35.5. The van der Waals surface area contributed by atoms with E-state index < -0.39 is 0 Å². The topological polar surface area (TPSA) is 53.6 Å². The van der Waals surface area contributed by atoms with Gasteiger partial charge in [-0.25, -0.2) is 0 Å². The standard InChI is InChI=1S/C15H25N3O2.2ClH/c1-18(12-14-6-4-3-5-7-14)13-15(19)17-9-8-16-10-11-20-2;;/h3-7,16H,8-13H2,1-2H3,(H,17,19);2*1H. The Morgan fingerprint density at radius 1 is 1.14 bits per heavy atom. The van der Waals surface area contributed by atoms with Gasteiger partial charge in [-0.3, -0.25) is 9.69 Å². The number of nitrogens with zero attached hydrogens (tertiary/aromatic N) is 1. The molecule has 1 aromatic carbocycles. The highest BCUT2D eigenvalue weighted by Crippen LogP contribution is 2.01. The van der Waals surface area contributed by atoms with Crippen molar-refractivity contribution < 1.29 is 9.53 Å². The Labute approximate surface area is 145 Å². The number of hydrogen-bond acceptors (Lipinski definition) is 4. The molecule has 7 heteroatoms. The zero-order valence-corrected chi connectivity index (χ0v) is 14.8. The largest absolute Gasteiger partial charge is 0.383 e. The number of amides is 1. The van der Waals surface area contributed by atoms with E-state index in [1.807, 2.05) is 30.1 Å². The van der Waals surface area contributed by atoms with Crippen LogP contribution in [0.4, 0.5) is 0 Å². The first kappa shape index (κ1) is 23.4. The molecule has 0 saturated carbocycles. The van der Waals surface area contributed by atoms with E-state index in [1.54, 1.807) is 7.11 Å². The normalized spacial score (nSPS) is 9.77. The lowest BCUT2D eigenvalue weighted by Gasteiger charge is -2.16. The molecule has 0 atom stereocenters. The lowest BCUT2D eigenvalue weighted by Crippen LogP contribution is -2.38. The zero-order valence-electron chi connectivity index (χ0n) is 13.2. The van der Waals surface area contributed by atoms with Gasteiger partial charge in [0.1, 0.15) is 0 Å². The van der Waals surface area contributed by atoms with Gasteiger partial charge in [-0.2, -0.15) is 0 Å². The molecule has 0 spiro atoms. The fraction of sp³-hybridized carbons (Fsp3) is 0.533. The number of hydrogen-bond donors (Lipinski definition) is 2.